The Kier molecular flexibility index (Phi) is 11.3. The van der Waals surface area contributed by atoms with Gasteiger partial charge in [0.15, 0.2) is 11.5 Å². The molecule has 0 aliphatic rings. The largest absolute Gasteiger partial charge is 1.00 e. The molecule has 1 rings (SSSR count). The van der Waals surface area contributed by atoms with E-state index in [9.17, 15) is 0 Å². The summed E-state index contributed by atoms with van der Waals surface area (Å²) in [6.45, 7) is 0. The Bertz CT molecular complexity index is 178. The van der Waals surface area contributed by atoms with E-state index in [0.717, 1.165) is 0 Å². The molecule has 0 fully saturated rings. The molecule has 0 bridgehead atoms. The zero-order chi connectivity index (χ0) is 5.98. The summed E-state index contributed by atoms with van der Waals surface area (Å²) in [6, 6.07) is 6.15. The van der Waals surface area contributed by atoms with E-state index < -0.39 is 0 Å². The number of hydrogen-bond donors (Lipinski definition) is 2. The zero-order valence-electron chi connectivity index (χ0n) is 8.20. The van der Waals surface area contributed by atoms with Crippen LogP contribution in [0.3, 0.4) is 0 Å². The number of rotatable bonds is 0. The van der Waals surface area contributed by atoms with Crippen LogP contribution in [0.15, 0.2) is 24.3 Å². The molecular formula is C6H8K2O2. The van der Waals surface area contributed by atoms with Gasteiger partial charge in [0.05, 0.1) is 0 Å². The monoisotopic (exact) mass is 190 g/mol. The molecule has 0 aliphatic carbocycles. The normalized spacial score (nSPS) is 7.20. The second-order valence-corrected chi connectivity index (χ2v) is 1.49. The van der Waals surface area contributed by atoms with Crippen LogP contribution < -0.4 is 103 Å². The quantitative estimate of drug-likeness (QED) is 0.319. The maximum absolute atomic E-state index is 8.67. The van der Waals surface area contributed by atoms with Crippen molar-refractivity contribution in [2.75, 3.05) is 0 Å². The summed E-state index contributed by atoms with van der Waals surface area (Å²) < 4.78 is 0. The number of aromatic hydroxyl groups is 2. The molecule has 2 N–H and O–H groups in total. The summed E-state index contributed by atoms with van der Waals surface area (Å²) in [7, 11) is 0. The number of phenolic OH excluding ortho intramolecular Hbond substituents is 2. The fourth-order valence-electron chi connectivity index (χ4n) is 0.464. The number of para-hydroxylation sites is 2. The van der Waals surface area contributed by atoms with Gasteiger partial charge in [0.25, 0.3) is 0 Å². The van der Waals surface area contributed by atoms with E-state index in [4.69, 9.17) is 10.2 Å². The smallest absolute Gasteiger partial charge is 1.00 e. The Hall–Kier alpha value is 2.09. The van der Waals surface area contributed by atoms with Gasteiger partial charge in [-0.3, -0.25) is 0 Å². The van der Waals surface area contributed by atoms with Gasteiger partial charge in [-0.25, -0.2) is 0 Å². The van der Waals surface area contributed by atoms with Gasteiger partial charge >= 0.3 is 103 Å². The third-order valence-corrected chi connectivity index (χ3v) is 0.882. The molecule has 0 saturated carbocycles. The molecule has 1 aromatic carbocycles. The molecular weight excluding hydrogens is 182 g/mol. The van der Waals surface area contributed by atoms with Gasteiger partial charge in [-0.15, -0.1) is 0 Å². The fraction of sp³-hybridized carbons (Fsp3) is 0. The van der Waals surface area contributed by atoms with Crippen molar-refractivity contribution < 1.29 is 116 Å². The van der Waals surface area contributed by atoms with Crippen LogP contribution in [0, 0.1) is 0 Å². The van der Waals surface area contributed by atoms with Gasteiger partial charge < -0.3 is 13.1 Å². The van der Waals surface area contributed by atoms with E-state index in [0.29, 0.717) is 0 Å². The van der Waals surface area contributed by atoms with Crippen molar-refractivity contribution >= 4 is 0 Å². The summed E-state index contributed by atoms with van der Waals surface area (Å²) in [6.07, 6.45) is 0. The molecule has 2 nitrogen and oxygen atoms in total. The van der Waals surface area contributed by atoms with Crippen molar-refractivity contribution in [1.82, 2.24) is 0 Å². The Balaban J connectivity index is -0.0000000800. The van der Waals surface area contributed by atoms with Crippen LogP contribution in [-0.4, -0.2) is 10.2 Å². The number of hydrogen-bond acceptors (Lipinski definition) is 2. The Morgan fingerprint density at radius 1 is 0.900 bits per heavy atom. The molecule has 0 aromatic heterocycles. The predicted molar refractivity (Wildman–Crippen MR) is 32.0 cm³/mol. The van der Waals surface area contributed by atoms with Gasteiger partial charge in [0.2, 0.25) is 0 Å². The molecule has 0 amide bonds. The van der Waals surface area contributed by atoms with E-state index in [1.54, 1.807) is 12.1 Å². The first kappa shape index (κ1) is 14.6. The third kappa shape index (κ3) is 4.87. The van der Waals surface area contributed by atoms with E-state index in [1.165, 1.54) is 12.1 Å². The molecule has 0 spiro atoms. The van der Waals surface area contributed by atoms with E-state index >= 15 is 0 Å². The maximum Gasteiger partial charge on any atom is 1.00 e. The SMILES string of the molecule is Oc1ccccc1O.[H-].[H-].[K+].[K+]. The summed E-state index contributed by atoms with van der Waals surface area (Å²) in [5.41, 5.74) is 0. The zero-order valence-corrected chi connectivity index (χ0v) is 12.5. The number of benzene rings is 1. The minimum absolute atomic E-state index is 0. The number of phenols is 2. The van der Waals surface area contributed by atoms with Crippen LogP contribution in [0.1, 0.15) is 2.85 Å². The topological polar surface area (TPSA) is 40.5 Å². The fourth-order valence-corrected chi connectivity index (χ4v) is 0.464. The minimum atomic E-state index is -0.0764. The molecule has 0 heterocycles. The first-order valence-corrected chi connectivity index (χ1v) is 2.27. The van der Waals surface area contributed by atoms with Crippen molar-refractivity contribution in [3.05, 3.63) is 24.3 Å². The van der Waals surface area contributed by atoms with Crippen LogP contribution in [-0.2, 0) is 0 Å². The standard InChI is InChI=1S/C6H6O2.2K.2H/c7-5-3-1-2-4-6(5)8;;;;/h1-4,7-8H;;;;/q;2*+1;2*-1. The van der Waals surface area contributed by atoms with Crippen molar-refractivity contribution in [1.29, 1.82) is 0 Å². The maximum atomic E-state index is 8.67. The van der Waals surface area contributed by atoms with Gasteiger partial charge in [-0.05, 0) is 12.1 Å². The van der Waals surface area contributed by atoms with E-state index in [-0.39, 0.29) is 117 Å². The molecule has 1 aromatic rings. The Morgan fingerprint density at radius 3 is 1.40 bits per heavy atom. The molecule has 0 unspecified atom stereocenters. The van der Waals surface area contributed by atoms with Crippen LogP contribution in [0.5, 0.6) is 11.5 Å². The molecule has 4 heteroatoms. The summed E-state index contributed by atoms with van der Waals surface area (Å²) >= 11 is 0. The van der Waals surface area contributed by atoms with Crippen LogP contribution in [0.2, 0.25) is 0 Å². The van der Waals surface area contributed by atoms with Crippen molar-refractivity contribution in [2.45, 2.75) is 0 Å². The van der Waals surface area contributed by atoms with E-state index in [1.807, 2.05) is 0 Å². The summed E-state index contributed by atoms with van der Waals surface area (Å²) in [5, 5.41) is 17.3. The Morgan fingerprint density at radius 2 is 1.20 bits per heavy atom. The van der Waals surface area contributed by atoms with Gasteiger partial charge in [0.1, 0.15) is 0 Å². The van der Waals surface area contributed by atoms with Crippen molar-refractivity contribution in [3.8, 4) is 11.5 Å². The van der Waals surface area contributed by atoms with Gasteiger partial charge in [-0.2, -0.15) is 0 Å². The summed E-state index contributed by atoms with van der Waals surface area (Å²) in [4.78, 5) is 0. The predicted octanol–water partition coefficient (Wildman–Crippen LogP) is -4.67. The van der Waals surface area contributed by atoms with E-state index in [2.05, 4.69) is 0 Å². The molecule has 10 heavy (non-hydrogen) atoms. The van der Waals surface area contributed by atoms with Gasteiger partial charge in [-0.1, -0.05) is 12.1 Å². The van der Waals surface area contributed by atoms with Gasteiger partial charge in [0, 0.05) is 0 Å². The first-order valence-electron chi connectivity index (χ1n) is 2.27. The molecule has 46 valence electrons. The summed E-state index contributed by atoms with van der Waals surface area (Å²) in [5.74, 6) is -0.153. The second kappa shape index (κ2) is 7.73. The molecule has 0 saturated heterocycles. The van der Waals surface area contributed by atoms with Crippen LogP contribution in [0.25, 0.3) is 0 Å². The molecule has 0 aliphatic heterocycles. The average Bonchev–Trinajstić information content (AvgIpc) is 1.77. The molecule has 0 radical (unpaired) electrons. The van der Waals surface area contributed by atoms with Crippen molar-refractivity contribution in [2.24, 2.45) is 0 Å². The third-order valence-electron chi connectivity index (χ3n) is 0.882. The molecule has 0 atom stereocenters. The van der Waals surface area contributed by atoms with Crippen LogP contribution >= 0.6 is 0 Å². The van der Waals surface area contributed by atoms with Crippen LogP contribution in [0.4, 0.5) is 0 Å². The van der Waals surface area contributed by atoms with Crippen molar-refractivity contribution in [3.63, 3.8) is 0 Å². The Labute approximate surface area is 148 Å². The second-order valence-electron chi connectivity index (χ2n) is 1.49. The minimum Gasteiger partial charge on any atom is -1.00 e. The first-order chi connectivity index (χ1) is 3.80. The average molecular weight is 190 g/mol.